The Bertz CT molecular complexity index is 1150. The summed E-state index contributed by atoms with van der Waals surface area (Å²) in [6, 6.07) is 15.4. The second-order valence-corrected chi connectivity index (χ2v) is 9.00. The smallest absolute Gasteiger partial charge is 0.262 e. The molecule has 172 valence electrons. The van der Waals surface area contributed by atoms with Gasteiger partial charge < -0.3 is 14.6 Å². The molecule has 0 fully saturated rings. The molecule has 0 spiro atoms. The van der Waals surface area contributed by atoms with Crippen LogP contribution in [0.25, 0.3) is 0 Å². The second kappa shape index (κ2) is 10.2. The fraction of sp³-hybridized carbons (Fsp3) is 0.333. The van der Waals surface area contributed by atoms with Gasteiger partial charge in [0.1, 0.15) is 5.75 Å². The van der Waals surface area contributed by atoms with Crippen molar-refractivity contribution in [3.63, 3.8) is 0 Å². The maximum Gasteiger partial charge on any atom is 0.262 e. The summed E-state index contributed by atoms with van der Waals surface area (Å²) in [5.74, 6) is 1.38. The monoisotopic (exact) mass is 465 g/mol. The summed E-state index contributed by atoms with van der Waals surface area (Å²) in [4.78, 5) is 26.6. The van der Waals surface area contributed by atoms with Crippen LogP contribution < -0.4 is 10.1 Å². The standard InChI is InChI=1S/C24H27N5O3S/c1-4-19(28(2)3)23-26-27-24(29(23)13-16-8-6-5-7-9-16)33-15-20(30)17-10-11-21-18(12-17)25-22(31)14-32-21/h5-12,19H,4,13-15H2,1-3H3,(H,25,31)/t19-/m1/s1. The van der Waals surface area contributed by atoms with E-state index < -0.39 is 0 Å². The summed E-state index contributed by atoms with van der Waals surface area (Å²) in [6.07, 6.45) is 0.895. The number of thioether (sulfide) groups is 1. The molecule has 0 saturated heterocycles. The first kappa shape index (κ1) is 23.0. The number of hydrogen-bond donors (Lipinski definition) is 1. The van der Waals surface area contributed by atoms with Crippen LogP contribution in [0.5, 0.6) is 5.75 Å². The number of ether oxygens (including phenoxy) is 1. The minimum atomic E-state index is -0.227. The number of nitrogens with one attached hydrogen (secondary N) is 1. The lowest BCUT2D eigenvalue weighted by Crippen LogP contribution is -2.25. The van der Waals surface area contributed by atoms with Crippen molar-refractivity contribution >= 4 is 29.1 Å². The average Bonchev–Trinajstić information content (AvgIpc) is 3.19. The number of rotatable bonds is 9. The SMILES string of the molecule is CC[C@H](c1nnc(SCC(=O)c2ccc3c(c2)NC(=O)CO3)n1Cc1ccccc1)N(C)C. The van der Waals surface area contributed by atoms with Crippen molar-refractivity contribution in [1.29, 1.82) is 0 Å². The molecular formula is C24H27N5O3S. The Labute approximate surface area is 197 Å². The van der Waals surface area contributed by atoms with Crippen LogP contribution in [-0.2, 0) is 11.3 Å². The summed E-state index contributed by atoms with van der Waals surface area (Å²) in [5, 5.41) is 12.4. The highest BCUT2D eigenvalue weighted by atomic mass is 32.2. The summed E-state index contributed by atoms with van der Waals surface area (Å²) in [6.45, 7) is 2.74. The van der Waals surface area contributed by atoms with E-state index in [2.05, 4.69) is 44.0 Å². The Balaban J connectivity index is 1.55. The molecule has 33 heavy (non-hydrogen) atoms. The lowest BCUT2D eigenvalue weighted by molar-refractivity contribution is -0.118. The number of hydrogen-bond acceptors (Lipinski definition) is 7. The zero-order valence-corrected chi connectivity index (χ0v) is 19.8. The van der Waals surface area contributed by atoms with Crippen LogP contribution in [0.15, 0.2) is 53.7 Å². The molecule has 1 amide bonds. The minimum absolute atomic E-state index is 0.0126. The quantitative estimate of drug-likeness (QED) is 0.381. The topological polar surface area (TPSA) is 89.4 Å². The number of nitrogens with zero attached hydrogens (tertiary/aromatic N) is 4. The molecule has 4 rings (SSSR count). The molecule has 0 saturated carbocycles. The summed E-state index contributed by atoms with van der Waals surface area (Å²) >= 11 is 1.37. The predicted molar refractivity (Wildman–Crippen MR) is 128 cm³/mol. The van der Waals surface area contributed by atoms with Gasteiger partial charge in [-0.05, 0) is 44.3 Å². The molecule has 9 heteroatoms. The van der Waals surface area contributed by atoms with E-state index in [1.54, 1.807) is 18.2 Å². The maximum absolute atomic E-state index is 12.9. The molecule has 1 atom stereocenters. The van der Waals surface area contributed by atoms with Crippen molar-refractivity contribution in [3.8, 4) is 5.75 Å². The second-order valence-electron chi connectivity index (χ2n) is 8.06. The van der Waals surface area contributed by atoms with Crippen molar-refractivity contribution in [2.24, 2.45) is 0 Å². The van der Waals surface area contributed by atoms with E-state index in [-0.39, 0.29) is 30.1 Å². The van der Waals surface area contributed by atoms with Crippen molar-refractivity contribution in [1.82, 2.24) is 19.7 Å². The van der Waals surface area contributed by atoms with Crippen LogP contribution in [0.4, 0.5) is 5.69 Å². The third-order valence-corrected chi connectivity index (χ3v) is 6.47. The van der Waals surface area contributed by atoms with E-state index in [9.17, 15) is 9.59 Å². The van der Waals surface area contributed by atoms with Gasteiger partial charge in [0.05, 0.1) is 24.0 Å². The van der Waals surface area contributed by atoms with E-state index in [1.807, 2.05) is 32.3 Å². The number of Topliss-reactive ketones (excluding diaryl/α,β-unsaturated/α-hetero) is 1. The van der Waals surface area contributed by atoms with Gasteiger partial charge in [-0.3, -0.25) is 14.5 Å². The predicted octanol–water partition coefficient (Wildman–Crippen LogP) is 3.65. The van der Waals surface area contributed by atoms with Gasteiger partial charge in [0.25, 0.3) is 5.91 Å². The molecule has 1 aromatic heterocycles. The van der Waals surface area contributed by atoms with Crippen LogP contribution in [-0.4, -0.2) is 57.8 Å². The average molecular weight is 466 g/mol. The van der Waals surface area contributed by atoms with Gasteiger partial charge in [0.15, 0.2) is 23.4 Å². The summed E-state index contributed by atoms with van der Waals surface area (Å²) in [5.41, 5.74) is 2.18. The Morgan fingerprint density at radius 3 is 2.73 bits per heavy atom. The number of benzene rings is 2. The van der Waals surface area contributed by atoms with Gasteiger partial charge in [-0.1, -0.05) is 49.0 Å². The van der Waals surface area contributed by atoms with E-state index >= 15 is 0 Å². The minimum Gasteiger partial charge on any atom is -0.482 e. The first-order chi connectivity index (χ1) is 16.0. The molecule has 0 unspecified atom stereocenters. The van der Waals surface area contributed by atoms with Gasteiger partial charge in [-0.25, -0.2) is 0 Å². The van der Waals surface area contributed by atoms with Crippen LogP contribution in [0.2, 0.25) is 0 Å². The number of ketones is 1. The van der Waals surface area contributed by atoms with E-state index in [0.717, 1.165) is 17.8 Å². The molecule has 1 aliphatic heterocycles. The molecule has 0 radical (unpaired) electrons. The maximum atomic E-state index is 12.9. The highest BCUT2D eigenvalue weighted by molar-refractivity contribution is 7.99. The number of anilines is 1. The van der Waals surface area contributed by atoms with E-state index in [1.165, 1.54) is 11.8 Å². The Morgan fingerprint density at radius 1 is 1.21 bits per heavy atom. The van der Waals surface area contributed by atoms with Crippen LogP contribution in [0, 0.1) is 0 Å². The highest BCUT2D eigenvalue weighted by Gasteiger charge is 2.23. The van der Waals surface area contributed by atoms with Crippen molar-refractivity contribution in [2.75, 3.05) is 31.8 Å². The summed E-state index contributed by atoms with van der Waals surface area (Å²) in [7, 11) is 4.06. The first-order valence-corrected chi connectivity index (χ1v) is 11.8. The number of aromatic nitrogens is 3. The Kier molecular flexibility index (Phi) is 7.10. The molecule has 2 heterocycles. The first-order valence-electron chi connectivity index (χ1n) is 10.8. The largest absolute Gasteiger partial charge is 0.482 e. The van der Waals surface area contributed by atoms with Gasteiger partial charge in [-0.15, -0.1) is 10.2 Å². The van der Waals surface area contributed by atoms with Crippen LogP contribution >= 0.6 is 11.8 Å². The third-order valence-electron chi connectivity index (χ3n) is 5.50. The number of amides is 1. The van der Waals surface area contributed by atoms with Gasteiger partial charge in [0, 0.05) is 5.56 Å². The van der Waals surface area contributed by atoms with E-state index in [4.69, 9.17) is 4.74 Å². The highest BCUT2D eigenvalue weighted by Crippen LogP contribution is 2.30. The fourth-order valence-electron chi connectivity index (χ4n) is 3.82. The van der Waals surface area contributed by atoms with Gasteiger partial charge >= 0.3 is 0 Å². The molecule has 0 bridgehead atoms. The lowest BCUT2D eigenvalue weighted by atomic mass is 10.1. The molecule has 1 N–H and O–H groups in total. The summed E-state index contributed by atoms with van der Waals surface area (Å²) < 4.78 is 7.47. The molecule has 8 nitrogen and oxygen atoms in total. The van der Waals surface area contributed by atoms with Gasteiger partial charge in [-0.2, -0.15) is 0 Å². The molecule has 1 aliphatic rings. The molecule has 2 aromatic carbocycles. The molecule has 3 aromatic rings. The van der Waals surface area contributed by atoms with Crippen molar-refractivity contribution in [2.45, 2.75) is 31.1 Å². The van der Waals surface area contributed by atoms with Crippen LogP contribution in [0.1, 0.15) is 41.1 Å². The Morgan fingerprint density at radius 2 is 2.00 bits per heavy atom. The number of carbonyl (C=O) groups excluding carboxylic acids is 2. The number of fused-ring (bicyclic) bond motifs is 1. The Hall–Kier alpha value is -3.17. The zero-order valence-electron chi connectivity index (χ0n) is 18.9. The number of carbonyl (C=O) groups is 2. The van der Waals surface area contributed by atoms with Gasteiger partial charge in [0.2, 0.25) is 0 Å². The normalized spacial score (nSPS) is 13.9. The molecular weight excluding hydrogens is 438 g/mol. The van der Waals surface area contributed by atoms with Crippen molar-refractivity contribution < 1.29 is 14.3 Å². The zero-order chi connectivity index (χ0) is 23.4. The lowest BCUT2D eigenvalue weighted by Gasteiger charge is -2.23. The molecule has 0 aliphatic carbocycles. The van der Waals surface area contributed by atoms with Crippen LogP contribution in [0.3, 0.4) is 0 Å². The van der Waals surface area contributed by atoms with Crippen molar-refractivity contribution in [3.05, 3.63) is 65.5 Å². The van der Waals surface area contributed by atoms with E-state index in [0.29, 0.717) is 28.7 Å². The fourth-order valence-corrected chi connectivity index (χ4v) is 4.66. The third kappa shape index (κ3) is 5.26.